The highest BCUT2D eigenvalue weighted by atomic mass is 19.1. The minimum atomic E-state index is -0.887. The highest BCUT2D eigenvalue weighted by Crippen LogP contribution is 2.30. The number of urea groups is 1. The van der Waals surface area contributed by atoms with E-state index in [9.17, 15) is 18.7 Å². The lowest BCUT2D eigenvalue weighted by molar-refractivity contribution is 0.139. The summed E-state index contributed by atoms with van der Waals surface area (Å²) < 4.78 is 27.3. The monoisotopic (exact) mass is 431 g/mol. The average Bonchev–Trinajstić information content (AvgIpc) is 3.27. The molecule has 1 aromatic carbocycles. The zero-order chi connectivity index (χ0) is 22.0. The zero-order valence-corrected chi connectivity index (χ0v) is 16.9. The predicted molar refractivity (Wildman–Crippen MR) is 109 cm³/mol. The van der Waals surface area contributed by atoms with Gasteiger partial charge in [-0.3, -0.25) is 5.32 Å². The van der Waals surface area contributed by atoms with E-state index >= 15 is 0 Å². The van der Waals surface area contributed by atoms with Gasteiger partial charge in [-0.1, -0.05) is 0 Å². The first-order valence-corrected chi connectivity index (χ1v) is 9.96. The van der Waals surface area contributed by atoms with Gasteiger partial charge in [0, 0.05) is 51.1 Å². The van der Waals surface area contributed by atoms with E-state index in [1.54, 1.807) is 30.4 Å². The molecule has 1 fully saturated rings. The molecule has 2 aliphatic rings. The molecule has 1 aromatic heterocycles. The van der Waals surface area contributed by atoms with Gasteiger partial charge in [0.2, 0.25) is 5.95 Å². The maximum Gasteiger partial charge on any atom is 0.341 e. The van der Waals surface area contributed by atoms with Crippen LogP contribution in [0, 0.1) is 11.6 Å². The molecule has 2 aromatic rings. The molecule has 0 aliphatic carbocycles. The topological polar surface area (TPSA) is 97.2 Å². The average molecular weight is 431 g/mol. The molecule has 2 aliphatic heterocycles. The molecule has 0 bridgehead atoms. The smallest absolute Gasteiger partial charge is 0.341 e. The molecule has 3 heterocycles. The number of hydrogen-bond donors (Lipinski definition) is 2. The van der Waals surface area contributed by atoms with Crippen molar-refractivity contribution in [3.05, 3.63) is 53.4 Å². The molecule has 164 valence electrons. The van der Waals surface area contributed by atoms with E-state index in [-0.39, 0.29) is 6.03 Å². The predicted octanol–water partition coefficient (Wildman–Crippen LogP) is 1.64. The molecule has 2 amide bonds. The zero-order valence-electron chi connectivity index (χ0n) is 16.9. The summed E-state index contributed by atoms with van der Waals surface area (Å²) in [6.07, 6.45) is 2.66. The van der Waals surface area contributed by atoms with Crippen molar-refractivity contribution in [3.63, 3.8) is 0 Å². The van der Waals surface area contributed by atoms with Gasteiger partial charge in [-0.05, 0) is 30.8 Å². The van der Waals surface area contributed by atoms with Gasteiger partial charge in [0.15, 0.2) is 0 Å². The third-order valence-electron chi connectivity index (χ3n) is 5.35. The molecule has 0 saturated carbocycles. The number of amides is 2. The SMILES string of the molecule is CNC(O)c1ccnc(N2CCN(C(=O)N3N=CC[C@H]3c3cc(F)cc(F)c3)CC2)n1. The van der Waals surface area contributed by atoms with Crippen LogP contribution >= 0.6 is 0 Å². The van der Waals surface area contributed by atoms with Crippen LogP contribution in [-0.2, 0) is 0 Å². The first-order valence-electron chi connectivity index (χ1n) is 9.96. The molecular weight excluding hydrogens is 408 g/mol. The van der Waals surface area contributed by atoms with Crippen LogP contribution in [-0.4, -0.2) is 70.5 Å². The minimum absolute atomic E-state index is 0.316. The Morgan fingerprint density at radius 3 is 2.58 bits per heavy atom. The largest absolute Gasteiger partial charge is 0.373 e. The number of nitrogens with one attached hydrogen (secondary N) is 1. The first kappa shape index (κ1) is 21.1. The number of aromatic nitrogens is 2. The number of anilines is 1. The maximum absolute atomic E-state index is 13.6. The molecule has 11 heteroatoms. The fourth-order valence-corrected chi connectivity index (χ4v) is 3.70. The minimum Gasteiger partial charge on any atom is -0.373 e. The number of halogens is 2. The molecular formula is C20H23F2N7O2. The molecule has 1 saturated heterocycles. The molecule has 4 rings (SSSR count). The van der Waals surface area contributed by atoms with Crippen LogP contribution in [0.2, 0.25) is 0 Å². The van der Waals surface area contributed by atoms with Crippen LogP contribution < -0.4 is 10.2 Å². The number of piperazine rings is 1. The summed E-state index contributed by atoms with van der Waals surface area (Å²) in [5, 5.41) is 18.0. The number of aliphatic hydroxyl groups excluding tert-OH is 1. The number of hydrogen-bond acceptors (Lipinski definition) is 7. The Morgan fingerprint density at radius 1 is 1.19 bits per heavy atom. The second kappa shape index (κ2) is 8.90. The number of nitrogens with zero attached hydrogens (tertiary/aromatic N) is 6. The fourth-order valence-electron chi connectivity index (χ4n) is 3.70. The summed E-state index contributed by atoms with van der Waals surface area (Å²) in [6.45, 7) is 1.83. The van der Waals surface area contributed by atoms with Crippen molar-refractivity contribution in [3.8, 4) is 0 Å². The van der Waals surface area contributed by atoms with Gasteiger partial charge in [0.1, 0.15) is 17.9 Å². The van der Waals surface area contributed by atoms with E-state index < -0.39 is 23.9 Å². The van der Waals surface area contributed by atoms with Crippen LogP contribution in [0.4, 0.5) is 19.5 Å². The number of hydrazone groups is 1. The van der Waals surface area contributed by atoms with Gasteiger partial charge in [0.25, 0.3) is 0 Å². The van der Waals surface area contributed by atoms with Crippen LogP contribution in [0.15, 0.2) is 35.6 Å². The van der Waals surface area contributed by atoms with Gasteiger partial charge < -0.3 is 14.9 Å². The summed E-state index contributed by atoms with van der Waals surface area (Å²) in [5.74, 6) is -0.895. The third-order valence-corrected chi connectivity index (χ3v) is 5.35. The van der Waals surface area contributed by atoms with Gasteiger partial charge >= 0.3 is 6.03 Å². The molecule has 31 heavy (non-hydrogen) atoms. The maximum atomic E-state index is 13.6. The Kier molecular flexibility index (Phi) is 6.05. The highest BCUT2D eigenvalue weighted by Gasteiger charge is 2.33. The number of benzene rings is 1. The van der Waals surface area contributed by atoms with E-state index in [1.165, 1.54) is 17.1 Å². The Bertz CT molecular complexity index is 962. The van der Waals surface area contributed by atoms with Crippen molar-refractivity contribution in [1.82, 2.24) is 25.2 Å². The Hall–Kier alpha value is -3.18. The fraction of sp³-hybridized carbons (Fsp3) is 0.400. The number of carbonyl (C=O) groups excluding carboxylic acids is 1. The van der Waals surface area contributed by atoms with E-state index in [0.717, 1.165) is 6.07 Å². The second-order valence-electron chi connectivity index (χ2n) is 7.33. The molecule has 9 nitrogen and oxygen atoms in total. The van der Waals surface area contributed by atoms with Crippen molar-refractivity contribution in [1.29, 1.82) is 0 Å². The lowest BCUT2D eigenvalue weighted by Gasteiger charge is -2.37. The highest BCUT2D eigenvalue weighted by molar-refractivity contribution is 5.78. The van der Waals surface area contributed by atoms with Crippen LogP contribution in [0.25, 0.3) is 0 Å². The molecule has 0 radical (unpaired) electrons. The Morgan fingerprint density at radius 2 is 1.90 bits per heavy atom. The standard InChI is InChI=1S/C20H23F2N7O2/c1-23-18(30)16-2-4-24-19(26-16)27-6-8-28(9-7-27)20(31)29-17(3-5-25-29)13-10-14(21)12-15(22)11-13/h2,4-5,10-12,17-18,23,30H,3,6-9H2,1H3/t17-,18?/m0/s1. The van der Waals surface area contributed by atoms with Crippen molar-refractivity contribution in [2.75, 3.05) is 38.1 Å². The van der Waals surface area contributed by atoms with Crippen LogP contribution in [0.3, 0.4) is 0 Å². The summed E-state index contributed by atoms with van der Waals surface area (Å²) in [6, 6.07) is 4.03. The number of carbonyl (C=O) groups is 1. The van der Waals surface area contributed by atoms with Crippen LogP contribution in [0.5, 0.6) is 0 Å². The number of rotatable bonds is 4. The van der Waals surface area contributed by atoms with Crippen molar-refractivity contribution in [2.45, 2.75) is 18.7 Å². The molecule has 0 spiro atoms. The van der Waals surface area contributed by atoms with Gasteiger partial charge in [-0.15, -0.1) is 0 Å². The van der Waals surface area contributed by atoms with E-state index in [2.05, 4.69) is 20.4 Å². The lowest BCUT2D eigenvalue weighted by Crippen LogP contribution is -2.52. The Labute approximate surface area is 178 Å². The molecule has 2 atom stereocenters. The second-order valence-corrected chi connectivity index (χ2v) is 7.33. The van der Waals surface area contributed by atoms with Gasteiger partial charge in [-0.2, -0.15) is 5.10 Å². The van der Waals surface area contributed by atoms with Crippen molar-refractivity contribution >= 4 is 18.2 Å². The van der Waals surface area contributed by atoms with Gasteiger partial charge in [-0.25, -0.2) is 28.6 Å². The quantitative estimate of drug-likeness (QED) is 0.715. The van der Waals surface area contributed by atoms with E-state index in [0.29, 0.717) is 49.8 Å². The van der Waals surface area contributed by atoms with Crippen LogP contribution in [0.1, 0.15) is 29.9 Å². The first-order chi connectivity index (χ1) is 15.0. The normalized spacial score (nSPS) is 19.7. The summed E-state index contributed by atoms with van der Waals surface area (Å²) in [7, 11) is 1.63. The Balaban J connectivity index is 1.41. The van der Waals surface area contributed by atoms with Crippen molar-refractivity contribution < 1.29 is 18.7 Å². The summed E-state index contributed by atoms with van der Waals surface area (Å²) >= 11 is 0. The molecule has 2 N–H and O–H groups in total. The summed E-state index contributed by atoms with van der Waals surface area (Å²) in [5.41, 5.74) is 0.831. The third kappa shape index (κ3) is 4.47. The molecule has 1 unspecified atom stereocenters. The summed E-state index contributed by atoms with van der Waals surface area (Å²) in [4.78, 5) is 25.3. The van der Waals surface area contributed by atoms with Gasteiger partial charge in [0.05, 0.1) is 11.7 Å². The van der Waals surface area contributed by atoms with Crippen molar-refractivity contribution in [2.24, 2.45) is 5.10 Å². The number of aliphatic hydroxyl groups is 1. The van der Waals surface area contributed by atoms with E-state index in [4.69, 9.17) is 0 Å². The van der Waals surface area contributed by atoms with E-state index in [1.807, 2.05) is 4.90 Å². The lowest BCUT2D eigenvalue weighted by atomic mass is 10.0.